The minimum Gasteiger partial charge on any atom is -0.207 e. The van der Waals surface area contributed by atoms with Crippen molar-refractivity contribution in [1.29, 1.82) is 0 Å². The molecule has 0 heterocycles. The van der Waals surface area contributed by atoms with E-state index in [1.165, 1.54) is 12.1 Å². The SMILES string of the molecule is CC(C)C[N]S(=O)(=O)c1ccc(F)cc1. The Morgan fingerprint density at radius 1 is 1.27 bits per heavy atom. The van der Waals surface area contributed by atoms with Crippen molar-refractivity contribution in [3.63, 3.8) is 0 Å². The normalized spacial score (nSPS) is 12.0. The maximum atomic E-state index is 12.6. The molecule has 1 radical (unpaired) electrons. The Kier molecular flexibility index (Phi) is 3.82. The summed E-state index contributed by atoms with van der Waals surface area (Å²) in [5.41, 5.74) is 0. The summed E-state index contributed by atoms with van der Waals surface area (Å²) in [5.74, 6) is -0.280. The molecule has 3 nitrogen and oxygen atoms in total. The highest BCUT2D eigenvalue weighted by Gasteiger charge is 2.15. The highest BCUT2D eigenvalue weighted by Crippen LogP contribution is 2.10. The molecule has 0 aromatic heterocycles. The van der Waals surface area contributed by atoms with Crippen LogP contribution in [0.3, 0.4) is 0 Å². The highest BCUT2D eigenvalue weighted by molar-refractivity contribution is 7.89. The Morgan fingerprint density at radius 2 is 1.80 bits per heavy atom. The minimum absolute atomic E-state index is 0.0320. The van der Waals surface area contributed by atoms with E-state index in [0.29, 0.717) is 0 Å². The van der Waals surface area contributed by atoms with Crippen LogP contribution in [-0.2, 0) is 10.0 Å². The predicted molar refractivity (Wildman–Crippen MR) is 55.4 cm³/mol. The smallest absolute Gasteiger partial charge is 0.207 e. The quantitative estimate of drug-likeness (QED) is 0.791. The van der Waals surface area contributed by atoms with Gasteiger partial charge in [0.1, 0.15) is 5.82 Å². The lowest BCUT2D eigenvalue weighted by molar-refractivity contribution is 0.556. The van der Waals surface area contributed by atoms with Gasteiger partial charge in [-0.15, -0.1) is 4.72 Å². The molecular formula is C10H13FNO2S. The van der Waals surface area contributed by atoms with Gasteiger partial charge in [0.05, 0.1) is 4.90 Å². The number of sulfonamides is 1. The van der Waals surface area contributed by atoms with E-state index < -0.39 is 15.8 Å². The van der Waals surface area contributed by atoms with E-state index in [2.05, 4.69) is 4.72 Å². The average molecular weight is 230 g/mol. The average Bonchev–Trinajstić information content (AvgIpc) is 2.16. The number of hydrogen-bond donors (Lipinski definition) is 0. The number of benzene rings is 1. The maximum Gasteiger partial charge on any atom is 0.256 e. The third-order valence-corrected chi connectivity index (χ3v) is 3.08. The van der Waals surface area contributed by atoms with Gasteiger partial charge in [-0.2, -0.15) is 0 Å². The molecule has 83 valence electrons. The van der Waals surface area contributed by atoms with Gasteiger partial charge in [-0.25, -0.2) is 12.8 Å². The summed E-state index contributed by atoms with van der Waals surface area (Å²) in [6, 6.07) is 4.65. The Bertz CT molecular complexity index is 412. The van der Waals surface area contributed by atoms with E-state index in [9.17, 15) is 12.8 Å². The zero-order valence-corrected chi connectivity index (χ0v) is 9.46. The summed E-state index contributed by atoms with van der Waals surface area (Å²) in [6.45, 7) is 4.01. The van der Waals surface area contributed by atoms with Crippen LogP contribution in [0, 0.1) is 11.7 Å². The first-order valence-corrected chi connectivity index (χ1v) is 6.05. The van der Waals surface area contributed by atoms with Crippen molar-refractivity contribution in [2.45, 2.75) is 18.7 Å². The first-order valence-electron chi connectivity index (χ1n) is 4.61. The largest absolute Gasteiger partial charge is 0.256 e. The molecule has 0 atom stereocenters. The second-order valence-electron chi connectivity index (χ2n) is 3.63. The minimum atomic E-state index is -3.61. The van der Waals surface area contributed by atoms with Crippen LogP contribution in [0.15, 0.2) is 29.2 Å². The van der Waals surface area contributed by atoms with Crippen LogP contribution in [0.25, 0.3) is 0 Å². The van der Waals surface area contributed by atoms with Gasteiger partial charge in [-0.3, -0.25) is 0 Å². The molecule has 0 aliphatic carbocycles. The molecule has 1 rings (SSSR count). The monoisotopic (exact) mass is 230 g/mol. The topological polar surface area (TPSA) is 48.2 Å². The molecule has 0 saturated carbocycles. The molecule has 5 heteroatoms. The summed E-state index contributed by atoms with van der Waals surface area (Å²) in [6.07, 6.45) is 0. The predicted octanol–water partition coefficient (Wildman–Crippen LogP) is 1.77. The molecule has 0 N–H and O–H groups in total. The van der Waals surface area contributed by atoms with Crippen molar-refractivity contribution in [2.75, 3.05) is 6.54 Å². The van der Waals surface area contributed by atoms with E-state index >= 15 is 0 Å². The lowest BCUT2D eigenvalue weighted by Crippen LogP contribution is -2.20. The van der Waals surface area contributed by atoms with Gasteiger partial charge in [0, 0.05) is 6.54 Å². The fourth-order valence-corrected chi connectivity index (χ4v) is 2.05. The van der Waals surface area contributed by atoms with E-state index in [-0.39, 0.29) is 17.4 Å². The summed E-state index contributed by atoms with van der Waals surface area (Å²) < 4.78 is 39.3. The van der Waals surface area contributed by atoms with Gasteiger partial charge in [-0.05, 0) is 30.2 Å². The summed E-state index contributed by atoms with van der Waals surface area (Å²) in [4.78, 5) is 0.0320. The van der Waals surface area contributed by atoms with Gasteiger partial charge >= 0.3 is 0 Å². The van der Waals surface area contributed by atoms with Crippen molar-refractivity contribution in [3.8, 4) is 0 Å². The zero-order chi connectivity index (χ0) is 11.5. The number of nitrogens with zero attached hydrogens (tertiary/aromatic N) is 1. The van der Waals surface area contributed by atoms with Crippen LogP contribution < -0.4 is 4.72 Å². The van der Waals surface area contributed by atoms with Crippen LogP contribution >= 0.6 is 0 Å². The van der Waals surface area contributed by atoms with Crippen molar-refractivity contribution < 1.29 is 12.8 Å². The van der Waals surface area contributed by atoms with E-state index in [1.807, 2.05) is 13.8 Å². The Balaban J connectivity index is 2.82. The molecule has 15 heavy (non-hydrogen) atoms. The second-order valence-corrected chi connectivity index (χ2v) is 5.31. The van der Waals surface area contributed by atoms with Crippen molar-refractivity contribution >= 4 is 10.0 Å². The van der Waals surface area contributed by atoms with Crippen LogP contribution in [0.2, 0.25) is 0 Å². The lowest BCUT2D eigenvalue weighted by atomic mass is 10.2. The third-order valence-electron chi connectivity index (χ3n) is 1.72. The number of halogens is 1. The molecule has 0 amide bonds. The van der Waals surface area contributed by atoms with Crippen LogP contribution in [0.1, 0.15) is 13.8 Å². The molecule has 0 spiro atoms. The Morgan fingerprint density at radius 3 is 2.27 bits per heavy atom. The summed E-state index contributed by atoms with van der Waals surface area (Å²) >= 11 is 0. The molecule has 0 unspecified atom stereocenters. The number of rotatable bonds is 4. The molecule has 0 aliphatic rings. The fraction of sp³-hybridized carbons (Fsp3) is 0.400. The van der Waals surface area contributed by atoms with Gasteiger partial charge in [0.25, 0.3) is 10.0 Å². The number of hydrogen-bond acceptors (Lipinski definition) is 2. The Hall–Kier alpha value is -0.940. The third kappa shape index (κ3) is 3.60. The standard InChI is InChI=1S/C10H13FNO2S/c1-8(2)7-12-15(13,14)10-5-3-9(11)4-6-10/h3-6,8H,7H2,1-2H3. The van der Waals surface area contributed by atoms with Crippen LogP contribution in [-0.4, -0.2) is 15.0 Å². The highest BCUT2D eigenvalue weighted by atomic mass is 32.2. The van der Waals surface area contributed by atoms with Gasteiger partial charge in [0.15, 0.2) is 0 Å². The van der Waals surface area contributed by atoms with E-state index in [4.69, 9.17) is 0 Å². The van der Waals surface area contributed by atoms with E-state index in [1.54, 1.807) is 0 Å². The first-order chi connectivity index (χ1) is 6.92. The molecular weight excluding hydrogens is 217 g/mol. The molecule has 1 aromatic rings. The molecule has 0 bridgehead atoms. The molecule has 0 aliphatic heterocycles. The van der Waals surface area contributed by atoms with Crippen LogP contribution in [0.5, 0.6) is 0 Å². The summed E-state index contributed by atoms with van der Waals surface area (Å²) in [5, 5.41) is 0. The van der Waals surface area contributed by atoms with Gasteiger partial charge < -0.3 is 0 Å². The lowest BCUT2D eigenvalue weighted by Gasteiger charge is -2.06. The second kappa shape index (κ2) is 4.72. The van der Waals surface area contributed by atoms with Gasteiger partial charge in [0.2, 0.25) is 0 Å². The summed E-state index contributed by atoms with van der Waals surface area (Å²) in [7, 11) is -3.61. The fourth-order valence-electron chi connectivity index (χ4n) is 0.928. The Labute approximate surface area is 89.4 Å². The van der Waals surface area contributed by atoms with E-state index in [0.717, 1.165) is 12.1 Å². The van der Waals surface area contributed by atoms with Crippen LogP contribution in [0.4, 0.5) is 4.39 Å². The first kappa shape index (κ1) is 12.1. The van der Waals surface area contributed by atoms with Crippen molar-refractivity contribution in [3.05, 3.63) is 30.1 Å². The van der Waals surface area contributed by atoms with Gasteiger partial charge in [-0.1, -0.05) is 13.8 Å². The maximum absolute atomic E-state index is 12.6. The molecule has 1 aromatic carbocycles. The molecule has 0 fully saturated rings. The zero-order valence-electron chi connectivity index (χ0n) is 8.64. The van der Waals surface area contributed by atoms with Crippen molar-refractivity contribution in [1.82, 2.24) is 4.72 Å². The van der Waals surface area contributed by atoms with Crippen molar-refractivity contribution in [2.24, 2.45) is 5.92 Å². The molecule has 0 saturated heterocycles.